The van der Waals surface area contributed by atoms with E-state index in [0.29, 0.717) is 29.6 Å². The molecule has 1 amide bonds. The molecule has 1 aromatic carbocycles. The Balaban J connectivity index is 2.83. The molecule has 0 saturated carbocycles. The van der Waals surface area contributed by atoms with Crippen molar-refractivity contribution in [2.45, 2.75) is 32.9 Å². The smallest absolute Gasteiger partial charge is 0.224 e. The first-order valence-corrected chi connectivity index (χ1v) is 6.64. The van der Waals surface area contributed by atoms with E-state index >= 15 is 0 Å². The summed E-state index contributed by atoms with van der Waals surface area (Å²) in [7, 11) is 0. The molecule has 0 spiro atoms. The molecule has 100 valence electrons. The molecule has 0 saturated heterocycles. The molecule has 0 fully saturated rings. The van der Waals surface area contributed by atoms with Crippen LogP contribution in [0.2, 0.25) is 10.0 Å². The average Bonchev–Trinajstić information content (AvgIpc) is 2.30. The summed E-state index contributed by atoms with van der Waals surface area (Å²) in [4.78, 5) is 13.7. The molecule has 5 heteroatoms. The van der Waals surface area contributed by atoms with Crippen LogP contribution in [0.5, 0.6) is 0 Å². The second kappa shape index (κ2) is 6.98. The Hall–Kier alpha value is -0.770. The fraction of sp³-hybridized carbons (Fsp3) is 0.462. The van der Waals surface area contributed by atoms with Crippen molar-refractivity contribution in [3.63, 3.8) is 0 Å². The van der Waals surface area contributed by atoms with Crippen LogP contribution in [0.4, 0.5) is 0 Å². The van der Waals surface area contributed by atoms with Crippen LogP contribution in [0.1, 0.15) is 25.8 Å². The molecular weight excluding hydrogens is 271 g/mol. The monoisotopic (exact) mass is 288 g/mol. The maximum Gasteiger partial charge on any atom is 0.224 e. The van der Waals surface area contributed by atoms with Gasteiger partial charge in [0, 0.05) is 25.6 Å². The minimum absolute atomic E-state index is 0.0542. The Labute approximate surface area is 118 Å². The largest absolute Gasteiger partial charge is 0.336 e. The molecule has 2 N–H and O–H groups in total. The lowest BCUT2D eigenvalue weighted by molar-refractivity contribution is -0.133. The third kappa shape index (κ3) is 4.16. The Morgan fingerprint density at radius 3 is 2.50 bits per heavy atom. The van der Waals surface area contributed by atoms with Gasteiger partial charge < -0.3 is 10.6 Å². The lowest BCUT2D eigenvalue weighted by atomic mass is 10.1. The van der Waals surface area contributed by atoms with Crippen molar-refractivity contribution < 1.29 is 4.79 Å². The number of nitrogens with zero attached hydrogens (tertiary/aromatic N) is 1. The van der Waals surface area contributed by atoms with Crippen molar-refractivity contribution in [1.82, 2.24) is 4.90 Å². The fourth-order valence-electron chi connectivity index (χ4n) is 1.66. The number of halogens is 2. The normalized spacial score (nSPS) is 10.8. The molecule has 0 unspecified atom stereocenters. The van der Waals surface area contributed by atoms with Crippen LogP contribution in [0, 0.1) is 0 Å². The zero-order chi connectivity index (χ0) is 13.7. The summed E-state index contributed by atoms with van der Waals surface area (Å²) >= 11 is 11.8. The van der Waals surface area contributed by atoms with Gasteiger partial charge in [0.15, 0.2) is 0 Å². The number of hydrogen-bond acceptors (Lipinski definition) is 2. The van der Waals surface area contributed by atoms with Gasteiger partial charge in [-0.2, -0.15) is 0 Å². The molecule has 0 aromatic heterocycles. The average molecular weight is 289 g/mol. The molecule has 3 nitrogen and oxygen atoms in total. The van der Waals surface area contributed by atoms with E-state index < -0.39 is 0 Å². The van der Waals surface area contributed by atoms with E-state index in [1.165, 1.54) is 0 Å². The first kappa shape index (κ1) is 15.3. The third-order valence-corrected chi connectivity index (χ3v) is 3.38. The summed E-state index contributed by atoms with van der Waals surface area (Å²) < 4.78 is 0. The maximum absolute atomic E-state index is 11.9. The van der Waals surface area contributed by atoms with Gasteiger partial charge in [-0.3, -0.25) is 4.79 Å². The highest BCUT2D eigenvalue weighted by molar-refractivity contribution is 6.42. The van der Waals surface area contributed by atoms with Gasteiger partial charge in [0.25, 0.3) is 0 Å². The van der Waals surface area contributed by atoms with Crippen molar-refractivity contribution in [3.8, 4) is 0 Å². The minimum Gasteiger partial charge on any atom is -0.336 e. The predicted octanol–water partition coefficient (Wildman–Crippen LogP) is 3.08. The highest BCUT2D eigenvalue weighted by Crippen LogP contribution is 2.23. The van der Waals surface area contributed by atoms with E-state index in [1.807, 2.05) is 19.9 Å². The van der Waals surface area contributed by atoms with Crippen molar-refractivity contribution >= 4 is 29.1 Å². The Bertz CT molecular complexity index is 421. The number of carbonyl (C=O) groups is 1. The minimum atomic E-state index is 0.0542. The van der Waals surface area contributed by atoms with E-state index in [1.54, 1.807) is 17.0 Å². The van der Waals surface area contributed by atoms with Gasteiger partial charge >= 0.3 is 0 Å². The number of hydrogen-bond donors (Lipinski definition) is 1. The highest BCUT2D eigenvalue weighted by atomic mass is 35.5. The van der Waals surface area contributed by atoms with E-state index in [0.717, 1.165) is 5.56 Å². The number of carbonyl (C=O) groups excluding carboxylic acids is 1. The van der Waals surface area contributed by atoms with Crippen molar-refractivity contribution in [2.75, 3.05) is 6.54 Å². The van der Waals surface area contributed by atoms with E-state index in [4.69, 9.17) is 28.9 Å². The van der Waals surface area contributed by atoms with Crippen molar-refractivity contribution in [1.29, 1.82) is 0 Å². The fourth-order valence-corrected chi connectivity index (χ4v) is 1.98. The molecule has 1 aromatic rings. The topological polar surface area (TPSA) is 46.3 Å². The van der Waals surface area contributed by atoms with Gasteiger partial charge in [0.2, 0.25) is 5.91 Å². The van der Waals surface area contributed by atoms with Gasteiger partial charge in [0.05, 0.1) is 10.0 Å². The van der Waals surface area contributed by atoms with Gasteiger partial charge in [-0.15, -0.1) is 0 Å². The zero-order valence-corrected chi connectivity index (χ0v) is 12.1. The molecule has 0 bridgehead atoms. The van der Waals surface area contributed by atoms with Crippen LogP contribution in [-0.4, -0.2) is 23.4 Å². The van der Waals surface area contributed by atoms with Crippen molar-refractivity contribution in [2.24, 2.45) is 5.73 Å². The van der Waals surface area contributed by atoms with Crippen LogP contribution in [0.15, 0.2) is 18.2 Å². The summed E-state index contributed by atoms with van der Waals surface area (Å²) in [6.07, 6.45) is 0.361. The van der Waals surface area contributed by atoms with Crippen LogP contribution in [-0.2, 0) is 11.3 Å². The molecular formula is C13H18Cl2N2O. The third-order valence-electron chi connectivity index (χ3n) is 2.64. The summed E-state index contributed by atoms with van der Waals surface area (Å²) in [5.41, 5.74) is 6.38. The Morgan fingerprint density at radius 1 is 1.33 bits per heavy atom. The number of benzene rings is 1. The Kier molecular flexibility index (Phi) is 5.93. The number of nitrogens with two attached hydrogens (primary N) is 1. The van der Waals surface area contributed by atoms with E-state index in [-0.39, 0.29) is 11.9 Å². The van der Waals surface area contributed by atoms with Crippen molar-refractivity contribution in [3.05, 3.63) is 33.8 Å². The lowest BCUT2D eigenvalue weighted by Crippen LogP contribution is -2.37. The summed E-state index contributed by atoms with van der Waals surface area (Å²) in [5.74, 6) is 0.0542. The number of rotatable bonds is 5. The molecule has 0 aliphatic rings. The first-order valence-electron chi connectivity index (χ1n) is 5.89. The van der Waals surface area contributed by atoms with Gasteiger partial charge in [-0.25, -0.2) is 0 Å². The molecule has 0 radical (unpaired) electrons. The van der Waals surface area contributed by atoms with Crippen LogP contribution < -0.4 is 5.73 Å². The predicted molar refractivity (Wildman–Crippen MR) is 75.8 cm³/mol. The lowest BCUT2D eigenvalue weighted by Gasteiger charge is -2.27. The molecule has 18 heavy (non-hydrogen) atoms. The van der Waals surface area contributed by atoms with E-state index in [9.17, 15) is 4.79 Å². The highest BCUT2D eigenvalue weighted by Gasteiger charge is 2.16. The molecule has 1 rings (SSSR count). The Morgan fingerprint density at radius 2 is 2.00 bits per heavy atom. The maximum atomic E-state index is 11.9. The summed E-state index contributed by atoms with van der Waals surface area (Å²) in [5, 5.41) is 1.02. The summed E-state index contributed by atoms with van der Waals surface area (Å²) in [6.45, 7) is 4.84. The van der Waals surface area contributed by atoms with E-state index in [2.05, 4.69) is 0 Å². The molecule has 0 heterocycles. The SMILES string of the molecule is CC(C)N(Cc1ccc(Cl)c(Cl)c1)C(=O)CCN. The second-order valence-electron chi connectivity index (χ2n) is 4.40. The standard InChI is InChI=1S/C13H18Cl2N2O/c1-9(2)17(13(18)5-6-16)8-10-3-4-11(14)12(15)7-10/h3-4,7,9H,5-6,8,16H2,1-2H3. The van der Waals surface area contributed by atoms with Gasteiger partial charge in [0.1, 0.15) is 0 Å². The molecule has 0 aliphatic carbocycles. The van der Waals surface area contributed by atoms with Crippen LogP contribution in [0.3, 0.4) is 0 Å². The van der Waals surface area contributed by atoms with Crippen LogP contribution >= 0.6 is 23.2 Å². The quantitative estimate of drug-likeness (QED) is 0.905. The second-order valence-corrected chi connectivity index (χ2v) is 5.22. The number of amides is 1. The van der Waals surface area contributed by atoms with Gasteiger partial charge in [-0.1, -0.05) is 29.3 Å². The van der Waals surface area contributed by atoms with Crippen LogP contribution in [0.25, 0.3) is 0 Å². The molecule has 0 aliphatic heterocycles. The van der Waals surface area contributed by atoms with Gasteiger partial charge in [-0.05, 0) is 31.5 Å². The summed E-state index contributed by atoms with van der Waals surface area (Å²) in [6, 6.07) is 5.53. The zero-order valence-electron chi connectivity index (χ0n) is 10.6. The molecule has 0 atom stereocenters. The first-order chi connectivity index (χ1) is 8.45.